The average Bonchev–Trinajstić information content (AvgIpc) is 2.89. The Bertz CT molecular complexity index is 903. The molecule has 0 bridgehead atoms. The fourth-order valence-electron chi connectivity index (χ4n) is 2.35. The Morgan fingerprint density at radius 2 is 1.88 bits per heavy atom. The summed E-state index contributed by atoms with van der Waals surface area (Å²) in [4.78, 5) is 27.6. The second-order valence-corrected chi connectivity index (χ2v) is 6.16. The van der Waals surface area contributed by atoms with Gasteiger partial charge in [0.2, 0.25) is 0 Å². The van der Waals surface area contributed by atoms with E-state index >= 15 is 0 Å². The molecule has 0 aliphatic carbocycles. The zero-order valence-corrected chi connectivity index (χ0v) is 13.8. The van der Waals surface area contributed by atoms with E-state index in [9.17, 15) is 9.59 Å². The zero-order valence-electron chi connectivity index (χ0n) is 13.0. The van der Waals surface area contributed by atoms with Gasteiger partial charge in [0.1, 0.15) is 0 Å². The normalized spacial score (nSPS) is 10.7. The van der Waals surface area contributed by atoms with Crippen molar-refractivity contribution in [2.75, 3.05) is 11.1 Å². The van der Waals surface area contributed by atoms with Gasteiger partial charge in [-0.3, -0.25) is 4.79 Å². The third-order valence-corrected chi connectivity index (χ3v) is 4.58. The number of primary amides is 1. The lowest BCUT2D eigenvalue weighted by Crippen LogP contribution is -2.19. The number of anilines is 1. The molecule has 6 nitrogen and oxygen atoms in total. The summed E-state index contributed by atoms with van der Waals surface area (Å²) >= 11 is 1.40. The Morgan fingerprint density at radius 3 is 2.54 bits per heavy atom. The summed E-state index contributed by atoms with van der Waals surface area (Å²) in [5, 5.41) is 3.26. The van der Waals surface area contributed by atoms with E-state index in [4.69, 9.17) is 5.73 Å². The molecule has 1 heterocycles. The van der Waals surface area contributed by atoms with Crippen LogP contribution in [-0.4, -0.2) is 27.1 Å². The van der Waals surface area contributed by atoms with Crippen LogP contribution in [0.15, 0.2) is 53.7 Å². The molecule has 0 fully saturated rings. The first kappa shape index (κ1) is 16.1. The van der Waals surface area contributed by atoms with Gasteiger partial charge in [0.05, 0.1) is 16.8 Å². The molecule has 24 heavy (non-hydrogen) atoms. The van der Waals surface area contributed by atoms with Crippen molar-refractivity contribution in [2.45, 2.75) is 5.16 Å². The Morgan fingerprint density at radius 1 is 1.17 bits per heavy atom. The van der Waals surface area contributed by atoms with Gasteiger partial charge in [0, 0.05) is 18.3 Å². The van der Waals surface area contributed by atoms with Crippen LogP contribution in [-0.2, 0) is 7.05 Å². The number of imidazole rings is 1. The molecule has 122 valence electrons. The minimum absolute atomic E-state index is 0.00215. The Hall–Kier alpha value is -2.80. The number of aryl methyl sites for hydroxylation is 1. The number of fused-ring (bicyclic) bond motifs is 1. The molecule has 3 rings (SSSR count). The summed E-state index contributed by atoms with van der Waals surface area (Å²) in [5.74, 6) is 0.289. The quantitative estimate of drug-likeness (QED) is 0.552. The number of hydrogen-bond acceptors (Lipinski definition) is 4. The van der Waals surface area contributed by atoms with Crippen molar-refractivity contribution in [3.05, 3.63) is 54.1 Å². The van der Waals surface area contributed by atoms with Crippen LogP contribution in [0.2, 0.25) is 0 Å². The number of Topliss-reactive ketones (excluding diaryl/α,β-unsaturated/α-hetero) is 1. The van der Waals surface area contributed by atoms with E-state index in [0.717, 1.165) is 16.2 Å². The van der Waals surface area contributed by atoms with E-state index in [2.05, 4.69) is 10.3 Å². The molecule has 0 atom stereocenters. The van der Waals surface area contributed by atoms with Crippen molar-refractivity contribution < 1.29 is 9.59 Å². The third kappa shape index (κ3) is 3.41. The lowest BCUT2D eigenvalue weighted by molar-refractivity contribution is 0.102. The molecule has 0 saturated heterocycles. The molecule has 0 saturated carbocycles. The standard InChI is InChI=1S/C17H16N4O2S/c1-21-14-5-3-2-4-13(14)20-17(21)24-10-15(22)11-6-8-12(9-7-11)19-16(18)23/h2-9H,10H2,1H3,(H3,18,19,23). The first-order chi connectivity index (χ1) is 11.5. The van der Waals surface area contributed by atoms with Crippen molar-refractivity contribution in [3.63, 3.8) is 0 Å². The first-order valence-electron chi connectivity index (χ1n) is 7.28. The highest BCUT2D eigenvalue weighted by Gasteiger charge is 2.12. The van der Waals surface area contributed by atoms with Crippen molar-refractivity contribution in [1.82, 2.24) is 9.55 Å². The molecule has 0 spiro atoms. The summed E-state index contributed by atoms with van der Waals surface area (Å²) in [6, 6.07) is 13.9. The predicted octanol–water partition coefficient (Wildman–Crippen LogP) is 3.04. The van der Waals surface area contributed by atoms with Crippen LogP contribution < -0.4 is 11.1 Å². The SMILES string of the molecule is Cn1c(SCC(=O)c2ccc(NC(N)=O)cc2)nc2ccccc21. The number of carbonyl (C=O) groups excluding carboxylic acids is 2. The summed E-state index contributed by atoms with van der Waals surface area (Å²) < 4.78 is 1.98. The molecular formula is C17H16N4O2S. The number of ketones is 1. The lowest BCUT2D eigenvalue weighted by atomic mass is 10.1. The maximum Gasteiger partial charge on any atom is 0.316 e. The van der Waals surface area contributed by atoms with Gasteiger partial charge in [-0.1, -0.05) is 23.9 Å². The van der Waals surface area contributed by atoms with E-state index in [1.54, 1.807) is 24.3 Å². The third-order valence-electron chi connectivity index (χ3n) is 3.55. The monoisotopic (exact) mass is 340 g/mol. The molecule has 3 N–H and O–H groups in total. The number of nitrogens with zero attached hydrogens (tertiary/aromatic N) is 2. The molecule has 0 aliphatic heterocycles. The van der Waals surface area contributed by atoms with Crippen LogP contribution in [0, 0.1) is 0 Å². The first-order valence-corrected chi connectivity index (χ1v) is 8.27. The van der Waals surface area contributed by atoms with Crippen molar-refractivity contribution >= 4 is 40.3 Å². The minimum Gasteiger partial charge on any atom is -0.351 e. The molecule has 3 aromatic rings. The molecule has 0 unspecified atom stereocenters. The second-order valence-electron chi connectivity index (χ2n) is 5.22. The van der Waals surface area contributed by atoms with Crippen LogP contribution in [0.5, 0.6) is 0 Å². The molecule has 7 heteroatoms. The fraction of sp³-hybridized carbons (Fsp3) is 0.118. The Balaban J connectivity index is 1.68. The number of para-hydroxylation sites is 2. The maximum atomic E-state index is 12.3. The number of benzene rings is 2. The number of hydrogen-bond donors (Lipinski definition) is 2. The highest BCUT2D eigenvalue weighted by Crippen LogP contribution is 2.23. The van der Waals surface area contributed by atoms with Gasteiger partial charge in [-0.05, 0) is 36.4 Å². The zero-order chi connectivity index (χ0) is 17.1. The summed E-state index contributed by atoms with van der Waals surface area (Å²) in [5.41, 5.74) is 8.14. The molecule has 0 aliphatic rings. The molecule has 2 amide bonds. The Kier molecular flexibility index (Phi) is 4.52. The second kappa shape index (κ2) is 6.76. The summed E-state index contributed by atoms with van der Waals surface area (Å²) in [6.07, 6.45) is 0. The van der Waals surface area contributed by atoms with Crippen LogP contribution in [0.4, 0.5) is 10.5 Å². The molecule has 1 aromatic heterocycles. The van der Waals surface area contributed by atoms with Gasteiger partial charge in [0.15, 0.2) is 10.9 Å². The van der Waals surface area contributed by atoms with Crippen molar-refractivity contribution in [3.8, 4) is 0 Å². The van der Waals surface area contributed by atoms with Crippen molar-refractivity contribution in [2.24, 2.45) is 12.8 Å². The number of carbonyl (C=O) groups is 2. The Labute approximate surface area is 143 Å². The molecule has 2 aromatic carbocycles. The van der Waals surface area contributed by atoms with Crippen LogP contribution in [0.1, 0.15) is 10.4 Å². The van der Waals surface area contributed by atoms with Gasteiger partial charge in [-0.2, -0.15) is 0 Å². The maximum absolute atomic E-state index is 12.3. The van der Waals surface area contributed by atoms with Gasteiger partial charge in [-0.25, -0.2) is 9.78 Å². The number of aromatic nitrogens is 2. The average molecular weight is 340 g/mol. The van der Waals surface area contributed by atoms with Gasteiger partial charge in [-0.15, -0.1) is 0 Å². The van der Waals surface area contributed by atoms with Gasteiger partial charge in [0.25, 0.3) is 0 Å². The molecule has 0 radical (unpaired) electrons. The summed E-state index contributed by atoms with van der Waals surface area (Å²) in [7, 11) is 1.94. The highest BCUT2D eigenvalue weighted by molar-refractivity contribution is 7.99. The number of nitrogens with one attached hydrogen (secondary N) is 1. The fourth-order valence-corrected chi connectivity index (χ4v) is 3.23. The van der Waals surface area contributed by atoms with E-state index in [-0.39, 0.29) is 5.78 Å². The van der Waals surface area contributed by atoms with E-state index in [1.165, 1.54) is 11.8 Å². The smallest absolute Gasteiger partial charge is 0.316 e. The number of nitrogens with two attached hydrogens (primary N) is 1. The van der Waals surface area contributed by atoms with Gasteiger partial charge < -0.3 is 15.6 Å². The topological polar surface area (TPSA) is 90.0 Å². The van der Waals surface area contributed by atoms with Crippen LogP contribution >= 0.6 is 11.8 Å². The number of urea groups is 1. The number of rotatable bonds is 5. The van der Waals surface area contributed by atoms with E-state index in [0.29, 0.717) is 17.0 Å². The van der Waals surface area contributed by atoms with Crippen LogP contribution in [0.25, 0.3) is 11.0 Å². The minimum atomic E-state index is -0.633. The molecular weight excluding hydrogens is 324 g/mol. The summed E-state index contributed by atoms with van der Waals surface area (Å²) in [6.45, 7) is 0. The lowest BCUT2D eigenvalue weighted by Gasteiger charge is -2.04. The number of thioether (sulfide) groups is 1. The van der Waals surface area contributed by atoms with E-state index in [1.807, 2.05) is 35.9 Å². The highest BCUT2D eigenvalue weighted by atomic mass is 32.2. The predicted molar refractivity (Wildman–Crippen MR) is 95.4 cm³/mol. The van der Waals surface area contributed by atoms with Crippen molar-refractivity contribution in [1.29, 1.82) is 0 Å². The number of amides is 2. The van der Waals surface area contributed by atoms with Crippen LogP contribution in [0.3, 0.4) is 0 Å². The largest absolute Gasteiger partial charge is 0.351 e. The van der Waals surface area contributed by atoms with Gasteiger partial charge >= 0.3 is 6.03 Å². The van der Waals surface area contributed by atoms with E-state index < -0.39 is 6.03 Å².